The molecule has 0 radical (unpaired) electrons. The number of aldehydes is 1. The Morgan fingerprint density at radius 2 is 2.05 bits per heavy atom. The van der Waals surface area contributed by atoms with E-state index in [4.69, 9.17) is 14.2 Å². The average molecular weight is 304 g/mol. The van der Waals surface area contributed by atoms with E-state index < -0.39 is 12.1 Å². The molecule has 22 heavy (non-hydrogen) atoms. The molecular weight excluding hydrogens is 284 g/mol. The van der Waals surface area contributed by atoms with Gasteiger partial charge in [0, 0.05) is 11.6 Å². The highest BCUT2D eigenvalue weighted by molar-refractivity contribution is 5.83. The maximum Gasteiger partial charge on any atom is 0.331 e. The highest BCUT2D eigenvalue weighted by Crippen LogP contribution is 2.34. The standard InChI is InChI=1S/C17H20O5/c1-3-17(19)22-16(11-18)12-8-9-14(20-2)15(10-12)21-13-6-4-5-7-13/h3,8-11,13,16H,1,4-7H2,2H3. The van der Waals surface area contributed by atoms with Gasteiger partial charge in [-0.05, 0) is 37.8 Å². The Morgan fingerprint density at radius 3 is 2.64 bits per heavy atom. The summed E-state index contributed by atoms with van der Waals surface area (Å²) < 4.78 is 16.3. The van der Waals surface area contributed by atoms with Crippen molar-refractivity contribution < 1.29 is 23.8 Å². The topological polar surface area (TPSA) is 61.8 Å². The van der Waals surface area contributed by atoms with Crippen LogP contribution in [-0.2, 0) is 14.3 Å². The summed E-state index contributed by atoms with van der Waals surface area (Å²) in [5.41, 5.74) is 0.541. The van der Waals surface area contributed by atoms with Crippen molar-refractivity contribution in [1.29, 1.82) is 0 Å². The van der Waals surface area contributed by atoms with Crippen LogP contribution in [0.25, 0.3) is 0 Å². The lowest BCUT2D eigenvalue weighted by atomic mass is 10.1. The molecule has 0 amide bonds. The molecule has 0 aromatic heterocycles. The maximum atomic E-state index is 11.3. The van der Waals surface area contributed by atoms with Crippen LogP contribution in [0.15, 0.2) is 30.9 Å². The van der Waals surface area contributed by atoms with Gasteiger partial charge in [0.25, 0.3) is 0 Å². The SMILES string of the molecule is C=CC(=O)OC(C=O)c1ccc(OC)c(OC2CCCC2)c1. The zero-order valence-corrected chi connectivity index (χ0v) is 12.6. The molecule has 1 atom stereocenters. The first-order valence-electron chi connectivity index (χ1n) is 7.31. The summed E-state index contributed by atoms with van der Waals surface area (Å²) in [5, 5.41) is 0. The molecule has 1 unspecified atom stereocenters. The molecule has 0 saturated heterocycles. The monoisotopic (exact) mass is 304 g/mol. The van der Waals surface area contributed by atoms with E-state index in [1.165, 1.54) is 0 Å². The van der Waals surface area contributed by atoms with Gasteiger partial charge in [-0.25, -0.2) is 4.79 Å². The number of hydrogen-bond donors (Lipinski definition) is 0. The van der Waals surface area contributed by atoms with E-state index in [9.17, 15) is 9.59 Å². The average Bonchev–Trinajstić information content (AvgIpc) is 3.05. The molecule has 2 rings (SSSR count). The van der Waals surface area contributed by atoms with E-state index in [0.29, 0.717) is 23.3 Å². The second-order valence-corrected chi connectivity index (χ2v) is 5.13. The second kappa shape index (κ2) is 7.64. The van der Waals surface area contributed by atoms with Crippen molar-refractivity contribution in [2.24, 2.45) is 0 Å². The van der Waals surface area contributed by atoms with Crippen LogP contribution < -0.4 is 9.47 Å². The predicted octanol–water partition coefficient (Wildman–Crippen LogP) is 2.99. The number of methoxy groups -OCH3 is 1. The van der Waals surface area contributed by atoms with Gasteiger partial charge < -0.3 is 14.2 Å². The lowest BCUT2D eigenvalue weighted by Gasteiger charge is -2.18. The quantitative estimate of drug-likeness (QED) is 0.440. The third-order valence-corrected chi connectivity index (χ3v) is 3.65. The fourth-order valence-corrected chi connectivity index (χ4v) is 2.50. The zero-order chi connectivity index (χ0) is 15.9. The molecule has 1 fully saturated rings. The van der Waals surface area contributed by atoms with Crippen LogP contribution in [0.2, 0.25) is 0 Å². The fourth-order valence-electron chi connectivity index (χ4n) is 2.50. The Hall–Kier alpha value is -2.30. The molecule has 1 aromatic rings. The molecule has 1 aliphatic rings. The molecular formula is C17H20O5. The fraction of sp³-hybridized carbons (Fsp3) is 0.412. The van der Waals surface area contributed by atoms with Crippen molar-refractivity contribution in [2.75, 3.05) is 7.11 Å². The lowest BCUT2D eigenvalue weighted by Crippen LogP contribution is -2.13. The van der Waals surface area contributed by atoms with Crippen molar-refractivity contribution in [1.82, 2.24) is 0 Å². The van der Waals surface area contributed by atoms with E-state index in [1.54, 1.807) is 25.3 Å². The number of hydrogen-bond acceptors (Lipinski definition) is 5. The molecule has 0 heterocycles. The van der Waals surface area contributed by atoms with Gasteiger partial charge in [0.2, 0.25) is 0 Å². The summed E-state index contributed by atoms with van der Waals surface area (Å²) >= 11 is 0. The van der Waals surface area contributed by atoms with Gasteiger partial charge in [-0.1, -0.05) is 12.6 Å². The van der Waals surface area contributed by atoms with Crippen LogP contribution in [0.5, 0.6) is 11.5 Å². The van der Waals surface area contributed by atoms with Crippen LogP contribution in [-0.4, -0.2) is 25.5 Å². The number of benzene rings is 1. The smallest absolute Gasteiger partial charge is 0.331 e. The van der Waals surface area contributed by atoms with Crippen molar-refractivity contribution in [3.05, 3.63) is 36.4 Å². The summed E-state index contributed by atoms with van der Waals surface area (Å²) in [6.07, 6.45) is 5.10. The third-order valence-electron chi connectivity index (χ3n) is 3.65. The highest BCUT2D eigenvalue weighted by atomic mass is 16.5. The van der Waals surface area contributed by atoms with E-state index in [0.717, 1.165) is 31.8 Å². The van der Waals surface area contributed by atoms with E-state index in [-0.39, 0.29) is 6.10 Å². The molecule has 0 N–H and O–H groups in total. The first kappa shape index (κ1) is 16.1. The Labute approximate surface area is 129 Å². The van der Waals surface area contributed by atoms with Gasteiger partial charge in [0.05, 0.1) is 13.2 Å². The Kier molecular flexibility index (Phi) is 5.58. The van der Waals surface area contributed by atoms with Gasteiger partial charge in [-0.2, -0.15) is 0 Å². The molecule has 0 spiro atoms. The van der Waals surface area contributed by atoms with Crippen molar-refractivity contribution in [3.63, 3.8) is 0 Å². The van der Waals surface area contributed by atoms with E-state index in [2.05, 4.69) is 6.58 Å². The number of ether oxygens (including phenoxy) is 3. The summed E-state index contributed by atoms with van der Waals surface area (Å²) in [5.74, 6) is 0.509. The number of esters is 1. The van der Waals surface area contributed by atoms with Gasteiger partial charge in [0.15, 0.2) is 23.9 Å². The molecule has 0 bridgehead atoms. The van der Waals surface area contributed by atoms with E-state index >= 15 is 0 Å². The minimum absolute atomic E-state index is 0.162. The van der Waals surface area contributed by atoms with E-state index in [1.807, 2.05) is 0 Å². The van der Waals surface area contributed by atoms with Crippen molar-refractivity contribution >= 4 is 12.3 Å². The maximum absolute atomic E-state index is 11.3. The minimum Gasteiger partial charge on any atom is -0.493 e. The minimum atomic E-state index is -0.984. The molecule has 1 aliphatic carbocycles. The summed E-state index contributed by atoms with van der Waals surface area (Å²) in [6.45, 7) is 3.32. The summed E-state index contributed by atoms with van der Waals surface area (Å²) in [4.78, 5) is 22.5. The predicted molar refractivity (Wildman–Crippen MR) is 81.0 cm³/mol. The van der Waals surface area contributed by atoms with Crippen LogP contribution in [0, 0.1) is 0 Å². The van der Waals surface area contributed by atoms with Crippen LogP contribution in [0.3, 0.4) is 0 Å². The Morgan fingerprint density at radius 1 is 1.32 bits per heavy atom. The third kappa shape index (κ3) is 3.87. The van der Waals surface area contributed by atoms with Gasteiger partial charge in [-0.3, -0.25) is 4.79 Å². The largest absolute Gasteiger partial charge is 0.493 e. The molecule has 1 saturated carbocycles. The first-order valence-corrected chi connectivity index (χ1v) is 7.31. The molecule has 0 aliphatic heterocycles. The summed E-state index contributed by atoms with van der Waals surface area (Å²) in [7, 11) is 1.56. The van der Waals surface area contributed by atoms with Crippen molar-refractivity contribution in [2.45, 2.75) is 37.9 Å². The highest BCUT2D eigenvalue weighted by Gasteiger charge is 2.21. The van der Waals surface area contributed by atoms with Crippen LogP contribution in [0.1, 0.15) is 37.4 Å². The van der Waals surface area contributed by atoms with Gasteiger partial charge in [0.1, 0.15) is 0 Å². The summed E-state index contributed by atoms with van der Waals surface area (Å²) in [6, 6.07) is 5.07. The molecule has 1 aromatic carbocycles. The van der Waals surface area contributed by atoms with Gasteiger partial charge >= 0.3 is 5.97 Å². The zero-order valence-electron chi connectivity index (χ0n) is 12.6. The number of rotatable bonds is 7. The second-order valence-electron chi connectivity index (χ2n) is 5.13. The van der Waals surface area contributed by atoms with Crippen molar-refractivity contribution in [3.8, 4) is 11.5 Å². The Bertz CT molecular complexity index is 546. The number of carbonyl (C=O) groups is 2. The Balaban J connectivity index is 2.22. The molecule has 5 nitrogen and oxygen atoms in total. The molecule has 5 heteroatoms. The molecule has 118 valence electrons. The lowest BCUT2D eigenvalue weighted by molar-refractivity contribution is -0.146. The van der Waals surface area contributed by atoms with Crippen LogP contribution >= 0.6 is 0 Å². The number of carbonyl (C=O) groups excluding carboxylic acids is 2. The van der Waals surface area contributed by atoms with Gasteiger partial charge in [-0.15, -0.1) is 0 Å². The van der Waals surface area contributed by atoms with Crippen LogP contribution in [0.4, 0.5) is 0 Å². The normalized spacial score (nSPS) is 15.9. The first-order chi connectivity index (χ1) is 10.7.